The maximum Gasteiger partial charge on any atom is 0.340 e. The van der Waals surface area contributed by atoms with Crippen molar-refractivity contribution >= 4 is 35.9 Å². The number of ether oxygens (including phenoxy) is 1. The summed E-state index contributed by atoms with van der Waals surface area (Å²) < 4.78 is 4.24. The molecule has 0 aromatic carbocycles. The number of hydrogen-bond acceptors (Lipinski definition) is 9. The van der Waals surface area contributed by atoms with Gasteiger partial charge in [0.15, 0.2) is 12.1 Å². The Kier molecular flexibility index (Phi) is 7.53. The van der Waals surface area contributed by atoms with E-state index >= 15 is 0 Å². The lowest BCUT2D eigenvalue weighted by atomic mass is 10.2. The van der Waals surface area contributed by atoms with E-state index in [0.29, 0.717) is 0 Å². The molecule has 11 heteroatoms. The summed E-state index contributed by atoms with van der Waals surface area (Å²) in [5, 5.41) is 0. The SMILES string of the molecule is NC(=O)C[C@H](N=C=O)C(=O)OC(=O)[C@H](CC(N)=O)N=C=O. The Bertz CT molecular complexity index is 498. The minimum absolute atomic E-state index is 0.696. The topological polar surface area (TPSA) is 188 Å². The molecule has 0 spiro atoms. The van der Waals surface area contributed by atoms with Crippen molar-refractivity contribution in [2.45, 2.75) is 24.9 Å². The lowest BCUT2D eigenvalue weighted by molar-refractivity contribution is -0.162. The third-order valence-corrected chi connectivity index (χ3v) is 1.95. The van der Waals surface area contributed by atoms with Crippen LogP contribution in [0, 0.1) is 0 Å². The molecular formula is C10H10N4O7. The average molecular weight is 298 g/mol. The summed E-state index contributed by atoms with van der Waals surface area (Å²) in [6.45, 7) is 0. The van der Waals surface area contributed by atoms with E-state index in [0.717, 1.165) is 12.2 Å². The first-order chi connectivity index (χ1) is 9.81. The van der Waals surface area contributed by atoms with Gasteiger partial charge < -0.3 is 16.2 Å². The zero-order valence-electron chi connectivity index (χ0n) is 10.5. The zero-order valence-corrected chi connectivity index (χ0v) is 10.5. The number of nitrogens with two attached hydrogens (primary N) is 2. The summed E-state index contributed by atoms with van der Waals surface area (Å²) >= 11 is 0. The van der Waals surface area contributed by atoms with Crippen LogP contribution >= 0.6 is 0 Å². The Morgan fingerprint density at radius 1 is 0.857 bits per heavy atom. The highest BCUT2D eigenvalue weighted by Gasteiger charge is 2.29. The van der Waals surface area contributed by atoms with Crippen molar-refractivity contribution in [3.63, 3.8) is 0 Å². The van der Waals surface area contributed by atoms with E-state index in [2.05, 4.69) is 14.7 Å². The molecule has 21 heavy (non-hydrogen) atoms. The Morgan fingerprint density at radius 2 is 1.19 bits per heavy atom. The molecule has 0 saturated carbocycles. The van der Waals surface area contributed by atoms with Gasteiger partial charge in [0.25, 0.3) is 0 Å². The highest BCUT2D eigenvalue weighted by atomic mass is 16.6. The van der Waals surface area contributed by atoms with Crippen LogP contribution in [0.1, 0.15) is 12.8 Å². The summed E-state index contributed by atoms with van der Waals surface area (Å²) in [6.07, 6.45) is 0.627. The molecule has 0 saturated heterocycles. The van der Waals surface area contributed by atoms with Gasteiger partial charge in [0.05, 0.1) is 12.8 Å². The molecule has 0 radical (unpaired) electrons. The number of rotatable bonds is 8. The summed E-state index contributed by atoms with van der Waals surface area (Å²) in [4.78, 5) is 70.4. The molecule has 0 aromatic heterocycles. The van der Waals surface area contributed by atoms with Crippen LogP contribution in [0.2, 0.25) is 0 Å². The number of amides is 2. The first-order valence-electron chi connectivity index (χ1n) is 5.27. The van der Waals surface area contributed by atoms with Crippen LogP contribution < -0.4 is 11.5 Å². The van der Waals surface area contributed by atoms with Crippen LogP contribution in [0.25, 0.3) is 0 Å². The van der Waals surface area contributed by atoms with Gasteiger partial charge >= 0.3 is 11.9 Å². The molecule has 0 aliphatic carbocycles. The second-order valence-electron chi connectivity index (χ2n) is 3.55. The molecule has 2 atom stereocenters. The predicted molar refractivity (Wildman–Crippen MR) is 62.5 cm³/mol. The van der Waals surface area contributed by atoms with E-state index in [9.17, 15) is 28.8 Å². The third-order valence-electron chi connectivity index (χ3n) is 1.95. The van der Waals surface area contributed by atoms with Crippen LogP contribution in [-0.4, -0.2) is 48.0 Å². The Balaban J connectivity index is 4.96. The van der Waals surface area contributed by atoms with Gasteiger partial charge in [-0.3, -0.25) is 9.59 Å². The first kappa shape index (κ1) is 17.8. The van der Waals surface area contributed by atoms with Gasteiger partial charge in [-0.25, -0.2) is 19.2 Å². The molecule has 0 fully saturated rings. The number of carbonyl (C=O) groups excluding carboxylic acids is 6. The van der Waals surface area contributed by atoms with Crippen LogP contribution in [0.4, 0.5) is 0 Å². The normalized spacial score (nSPS) is 12.0. The maximum absolute atomic E-state index is 11.5. The number of esters is 2. The highest BCUT2D eigenvalue weighted by Crippen LogP contribution is 2.05. The zero-order chi connectivity index (χ0) is 16.4. The van der Waals surface area contributed by atoms with Gasteiger partial charge in [-0.1, -0.05) is 0 Å². The highest BCUT2D eigenvalue weighted by molar-refractivity contribution is 5.95. The monoisotopic (exact) mass is 298 g/mol. The Labute approximate surface area is 117 Å². The molecule has 0 unspecified atom stereocenters. The second kappa shape index (κ2) is 8.86. The first-order valence-corrected chi connectivity index (χ1v) is 5.27. The Hall–Kier alpha value is -3.16. The van der Waals surface area contributed by atoms with Gasteiger partial charge in [-0.2, -0.15) is 9.98 Å². The largest absolute Gasteiger partial charge is 0.390 e. The number of aliphatic imine (C=N–C) groups is 2. The standard InChI is InChI=1S/C10H10N4O7/c11-7(17)1-5(13-3-15)9(19)21-10(20)6(14-4-16)2-8(12)18/h5-6H,1-2H2,(H2,11,17)(H2,12,18)/t5-,6-/m0/s1. The number of hydrogen-bond donors (Lipinski definition) is 2. The number of carbonyl (C=O) groups is 4. The second-order valence-corrected chi connectivity index (χ2v) is 3.55. The van der Waals surface area contributed by atoms with E-state index in [1.807, 2.05) is 0 Å². The fourth-order valence-electron chi connectivity index (χ4n) is 1.11. The summed E-state index contributed by atoms with van der Waals surface area (Å²) in [6, 6.07) is -3.34. The van der Waals surface area contributed by atoms with Gasteiger partial charge in [0.1, 0.15) is 0 Å². The van der Waals surface area contributed by atoms with Crippen LogP contribution in [0.5, 0.6) is 0 Å². The molecule has 0 aliphatic rings. The maximum atomic E-state index is 11.5. The van der Waals surface area contributed by atoms with Crippen molar-refractivity contribution in [2.24, 2.45) is 21.5 Å². The van der Waals surface area contributed by atoms with Crippen LogP contribution in [-0.2, 0) is 33.5 Å². The molecule has 11 nitrogen and oxygen atoms in total. The van der Waals surface area contributed by atoms with E-state index < -0.39 is 48.7 Å². The van der Waals surface area contributed by atoms with E-state index in [4.69, 9.17) is 11.5 Å². The molecule has 0 bridgehead atoms. The fraction of sp³-hybridized carbons (Fsp3) is 0.400. The molecule has 0 heterocycles. The average Bonchev–Trinajstić information content (AvgIpc) is 2.36. The minimum Gasteiger partial charge on any atom is -0.390 e. The fourth-order valence-corrected chi connectivity index (χ4v) is 1.11. The van der Waals surface area contributed by atoms with Crippen molar-refractivity contribution in [3.8, 4) is 0 Å². The third kappa shape index (κ3) is 7.11. The quantitative estimate of drug-likeness (QED) is 0.209. The van der Waals surface area contributed by atoms with Crippen LogP contribution in [0.15, 0.2) is 9.98 Å². The summed E-state index contributed by atoms with van der Waals surface area (Å²) in [5.41, 5.74) is 9.63. The number of isocyanates is 2. The van der Waals surface area contributed by atoms with E-state index in [1.54, 1.807) is 0 Å². The summed E-state index contributed by atoms with van der Waals surface area (Å²) in [7, 11) is 0. The number of nitrogens with zero attached hydrogens (tertiary/aromatic N) is 2. The van der Waals surface area contributed by atoms with Crippen molar-refractivity contribution in [1.29, 1.82) is 0 Å². The molecule has 0 rings (SSSR count). The number of primary amides is 2. The van der Waals surface area contributed by atoms with Gasteiger partial charge in [-0.15, -0.1) is 0 Å². The molecular weight excluding hydrogens is 288 g/mol. The smallest absolute Gasteiger partial charge is 0.340 e. The lowest BCUT2D eigenvalue weighted by Crippen LogP contribution is -2.34. The van der Waals surface area contributed by atoms with E-state index in [1.165, 1.54) is 0 Å². The van der Waals surface area contributed by atoms with Gasteiger partial charge in [-0.05, 0) is 0 Å². The predicted octanol–water partition coefficient (Wildman–Crippen LogP) is -2.78. The minimum atomic E-state index is -1.67. The molecule has 0 aliphatic heterocycles. The van der Waals surface area contributed by atoms with Gasteiger partial charge in [0, 0.05) is 0 Å². The Morgan fingerprint density at radius 3 is 1.43 bits per heavy atom. The van der Waals surface area contributed by atoms with E-state index in [-0.39, 0.29) is 0 Å². The van der Waals surface area contributed by atoms with Crippen molar-refractivity contribution in [3.05, 3.63) is 0 Å². The molecule has 4 N–H and O–H groups in total. The van der Waals surface area contributed by atoms with Crippen LogP contribution in [0.3, 0.4) is 0 Å². The van der Waals surface area contributed by atoms with Crippen molar-refractivity contribution in [2.75, 3.05) is 0 Å². The molecule has 0 aromatic rings. The molecule has 112 valence electrons. The summed E-state index contributed by atoms with van der Waals surface area (Å²) in [5.74, 6) is -4.75. The molecule has 2 amide bonds. The van der Waals surface area contributed by atoms with Crippen molar-refractivity contribution < 1.29 is 33.5 Å². The lowest BCUT2D eigenvalue weighted by Gasteiger charge is -2.10. The van der Waals surface area contributed by atoms with Crippen molar-refractivity contribution in [1.82, 2.24) is 0 Å². The van der Waals surface area contributed by atoms with Gasteiger partial charge in [0.2, 0.25) is 24.0 Å².